The zero-order valence-corrected chi connectivity index (χ0v) is 12.4. The van der Waals surface area contributed by atoms with Gasteiger partial charge in [0, 0.05) is 11.3 Å². The van der Waals surface area contributed by atoms with Gasteiger partial charge in [0.25, 0.3) is 0 Å². The SMILES string of the molecule is N#Cc1cc(-c2ncn(-c3ccc(OC(F)(F)F)cn3)n2)ccc1N. The molecular weight excluding hydrogens is 337 g/mol. The minimum absolute atomic E-state index is 0.254. The number of hydrogen-bond acceptors (Lipinski definition) is 6. The second-order valence-electron chi connectivity index (χ2n) is 4.83. The Morgan fingerprint density at radius 1 is 1.16 bits per heavy atom. The third-order valence-electron chi connectivity index (χ3n) is 3.11. The number of pyridine rings is 1. The maximum Gasteiger partial charge on any atom is 0.573 e. The normalized spacial score (nSPS) is 11.1. The van der Waals surface area contributed by atoms with Gasteiger partial charge in [0.2, 0.25) is 0 Å². The summed E-state index contributed by atoms with van der Waals surface area (Å²) in [4.78, 5) is 7.95. The Balaban J connectivity index is 1.85. The average Bonchev–Trinajstić information content (AvgIpc) is 3.04. The summed E-state index contributed by atoms with van der Waals surface area (Å²) in [6.45, 7) is 0. The Morgan fingerprint density at radius 3 is 2.60 bits per heavy atom. The van der Waals surface area contributed by atoms with E-state index in [0.29, 0.717) is 22.6 Å². The van der Waals surface area contributed by atoms with Gasteiger partial charge in [0.15, 0.2) is 11.6 Å². The zero-order chi connectivity index (χ0) is 18.0. The Bertz CT molecular complexity index is 943. The number of halogens is 3. The Hall–Kier alpha value is -3.61. The lowest BCUT2D eigenvalue weighted by Gasteiger charge is -2.08. The summed E-state index contributed by atoms with van der Waals surface area (Å²) in [5, 5.41) is 13.2. The first-order chi connectivity index (χ1) is 11.9. The number of nitriles is 1. The second-order valence-corrected chi connectivity index (χ2v) is 4.83. The van der Waals surface area contributed by atoms with Gasteiger partial charge in [-0.05, 0) is 30.3 Å². The molecule has 0 aliphatic heterocycles. The molecule has 2 aromatic heterocycles. The lowest BCUT2D eigenvalue weighted by atomic mass is 10.1. The number of hydrogen-bond donors (Lipinski definition) is 1. The quantitative estimate of drug-likeness (QED) is 0.732. The van der Waals surface area contributed by atoms with Crippen LogP contribution in [0, 0.1) is 11.3 Å². The molecule has 3 aromatic rings. The number of nitrogens with two attached hydrogens (primary N) is 1. The summed E-state index contributed by atoms with van der Waals surface area (Å²) in [6.07, 6.45) is -2.50. The smallest absolute Gasteiger partial charge is 0.404 e. The number of rotatable bonds is 3. The predicted molar refractivity (Wildman–Crippen MR) is 80.4 cm³/mol. The molecule has 25 heavy (non-hydrogen) atoms. The maximum absolute atomic E-state index is 12.1. The van der Waals surface area contributed by atoms with Gasteiger partial charge in [-0.25, -0.2) is 14.6 Å². The fourth-order valence-electron chi connectivity index (χ4n) is 2.00. The molecule has 0 fully saturated rings. The minimum atomic E-state index is -4.78. The van der Waals surface area contributed by atoms with Crippen LogP contribution in [-0.4, -0.2) is 26.1 Å². The van der Waals surface area contributed by atoms with Crippen LogP contribution in [0.2, 0.25) is 0 Å². The minimum Gasteiger partial charge on any atom is -0.404 e. The van der Waals surface area contributed by atoms with Gasteiger partial charge in [-0.3, -0.25) is 0 Å². The van der Waals surface area contributed by atoms with E-state index < -0.39 is 12.1 Å². The maximum atomic E-state index is 12.1. The number of nitrogens with zero attached hydrogens (tertiary/aromatic N) is 5. The van der Waals surface area contributed by atoms with E-state index in [0.717, 1.165) is 12.3 Å². The third kappa shape index (κ3) is 3.66. The van der Waals surface area contributed by atoms with Crippen LogP contribution < -0.4 is 10.5 Å². The number of ether oxygens (including phenoxy) is 1. The van der Waals surface area contributed by atoms with Gasteiger partial charge < -0.3 is 10.5 Å². The second kappa shape index (κ2) is 6.12. The standard InChI is InChI=1S/C15H9F3N6O/c16-15(17,18)25-11-2-4-13(21-7-11)24-8-22-14(23-24)9-1-3-12(20)10(5-9)6-19/h1-5,7-8H,20H2. The Kier molecular flexibility index (Phi) is 3.98. The van der Waals surface area contributed by atoms with Crippen molar-refractivity contribution in [3.63, 3.8) is 0 Å². The van der Waals surface area contributed by atoms with E-state index in [1.54, 1.807) is 18.2 Å². The molecule has 0 aliphatic rings. The molecule has 10 heteroatoms. The van der Waals surface area contributed by atoms with E-state index in [1.165, 1.54) is 17.1 Å². The van der Waals surface area contributed by atoms with Crippen molar-refractivity contribution in [1.29, 1.82) is 5.26 Å². The van der Waals surface area contributed by atoms with E-state index in [1.807, 2.05) is 6.07 Å². The summed E-state index contributed by atoms with van der Waals surface area (Å²) in [5.41, 5.74) is 6.87. The van der Waals surface area contributed by atoms with Crippen LogP contribution in [0.3, 0.4) is 0 Å². The van der Waals surface area contributed by atoms with E-state index in [-0.39, 0.29) is 5.82 Å². The fourth-order valence-corrected chi connectivity index (χ4v) is 2.00. The molecule has 1 aromatic carbocycles. The molecule has 126 valence electrons. The number of aromatic nitrogens is 4. The molecule has 7 nitrogen and oxygen atoms in total. The lowest BCUT2D eigenvalue weighted by Crippen LogP contribution is -2.17. The molecule has 0 saturated heterocycles. The first-order valence-corrected chi connectivity index (χ1v) is 6.79. The van der Waals surface area contributed by atoms with Gasteiger partial charge in [-0.1, -0.05) is 0 Å². The number of benzene rings is 1. The van der Waals surface area contributed by atoms with Gasteiger partial charge in [0.05, 0.1) is 11.8 Å². The van der Waals surface area contributed by atoms with Crippen molar-refractivity contribution in [3.8, 4) is 29.0 Å². The molecule has 0 unspecified atom stereocenters. The molecule has 0 aliphatic carbocycles. The van der Waals surface area contributed by atoms with E-state index in [4.69, 9.17) is 11.0 Å². The molecule has 0 amide bonds. The fraction of sp³-hybridized carbons (Fsp3) is 0.0667. The molecule has 0 bridgehead atoms. The molecule has 2 heterocycles. The lowest BCUT2D eigenvalue weighted by molar-refractivity contribution is -0.274. The largest absolute Gasteiger partial charge is 0.573 e. The van der Waals surface area contributed by atoms with Crippen molar-refractivity contribution in [2.45, 2.75) is 6.36 Å². The molecule has 0 spiro atoms. The summed E-state index contributed by atoms with van der Waals surface area (Å²) in [7, 11) is 0. The van der Waals surface area contributed by atoms with Crippen molar-refractivity contribution in [2.75, 3.05) is 5.73 Å². The van der Waals surface area contributed by atoms with Crippen LogP contribution in [0.25, 0.3) is 17.2 Å². The highest BCUT2D eigenvalue weighted by Crippen LogP contribution is 2.23. The highest BCUT2D eigenvalue weighted by molar-refractivity contribution is 5.65. The Morgan fingerprint density at radius 2 is 1.96 bits per heavy atom. The van der Waals surface area contributed by atoms with Crippen LogP contribution in [0.1, 0.15) is 5.56 Å². The van der Waals surface area contributed by atoms with Crippen molar-refractivity contribution in [3.05, 3.63) is 48.4 Å². The van der Waals surface area contributed by atoms with Crippen LogP contribution in [0.15, 0.2) is 42.9 Å². The topological polar surface area (TPSA) is 103 Å². The first kappa shape index (κ1) is 16.3. The Labute approximate surface area is 139 Å². The highest BCUT2D eigenvalue weighted by Gasteiger charge is 2.31. The van der Waals surface area contributed by atoms with Crippen molar-refractivity contribution < 1.29 is 17.9 Å². The molecule has 0 radical (unpaired) electrons. The van der Waals surface area contributed by atoms with Crippen molar-refractivity contribution >= 4 is 5.69 Å². The average molecular weight is 346 g/mol. The summed E-state index contributed by atoms with van der Waals surface area (Å²) in [5.74, 6) is 0.131. The third-order valence-corrected chi connectivity index (χ3v) is 3.11. The van der Waals surface area contributed by atoms with Crippen LogP contribution in [0.4, 0.5) is 18.9 Å². The van der Waals surface area contributed by atoms with Crippen LogP contribution >= 0.6 is 0 Å². The van der Waals surface area contributed by atoms with Crippen molar-refractivity contribution in [2.24, 2.45) is 0 Å². The zero-order valence-electron chi connectivity index (χ0n) is 12.4. The van der Waals surface area contributed by atoms with Crippen molar-refractivity contribution in [1.82, 2.24) is 19.7 Å². The van der Waals surface area contributed by atoms with Crippen LogP contribution in [-0.2, 0) is 0 Å². The van der Waals surface area contributed by atoms with E-state index in [9.17, 15) is 13.2 Å². The highest BCUT2D eigenvalue weighted by atomic mass is 19.4. The number of alkyl halides is 3. The number of anilines is 1. The summed E-state index contributed by atoms with van der Waals surface area (Å²) < 4.78 is 41.5. The monoisotopic (exact) mass is 346 g/mol. The summed E-state index contributed by atoms with van der Waals surface area (Å²) >= 11 is 0. The van der Waals surface area contributed by atoms with Gasteiger partial charge >= 0.3 is 6.36 Å². The molecule has 0 atom stereocenters. The van der Waals surface area contributed by atoms with Crippen LogP contribution in [0.5, 0.6) is 5.75 Å². The molecular formula is C15H9F3N6O. The predicted octanol–water partition coefficient (Wildman–Crippen LogP) is 2.68. The number of nitrogen functional groups attached to an aromatic ring is 1. The summed E-state index contributed by atoms with van der Waals surface area (Å²) in [6, 6.07) is 9.16. The van der Waals surface area contributed by atoms with Gasteiger partial charge in [0.1, 0.15) is 18.1 Å². The first-order valence-electron chi connectivity index (χ1n) is 6.79. The molecule has 2 N–H and O–H groups in total. The molecule has 0 saturated carbocycles. The molecule has 3 rings (SSSR count). The van der Waals surface area contributed by atoms with Gasteiger partial charge in [-0.15, -0.1) is 18.3 Å². The van der Waals surface area contributed by atoms with Gasteiger partial charge in [-0.2, -0.15) is 5.26 Å². The van der Waals surface area contributed by atoms with E-state index in [2.05, 4.69) is 19.8 Å². The van der Waals surface area contributed by atoms with E-state index >= 15 is 0 Å².